The topological polar surface area (TPSA) is 90.1 Å². The first-order valence-corrected chi connectivity index (χ1v) is 10.4. The van der Waals surface area contributed by atoms with Crippen molar-refractivity contribution in [2.45, 2.75) is 32.7 Å². The molecule has 1 N–H and O–H groups in total. The molecule has 1 aliphatic heterocycles. The van der Waals surface area contributed by atoms with Crippen LogP contribution in [-0.2, 0) is 4.79 Å². The van der Waals surface area contributed by atoms with Gasteiger partial charge in [-0.3, -0.25) is 14.9 Å². The van der Waals surface area contributed by atoms with Crippen molar-refractivity contribution in [1.29, 1.82) is 0 Å². The maximum absolute atomic E-state index is 13.2. The van der Waals surface area contributed by atoms with Crippen LogP contribution in [0.2, 0.25) is 0 Å². The van der Waals surface area contributed by atoms with E-state index >= 15 is 0 Å². The highest BCUT2D eigenvalue weighted by Gasteiger charge is 2.41. The van der Waals surface area contributed by atoms with Gasteiger partial charge in [-0.15, -0.1) is 0 Å². The van der Waals surface area contributed by atoms with Crippen LogP contribution < -0.4 is 5.32 Å². The van der Waals surface area contributed by atoms with E-state index in [0.29, 0.717) is 17.6 Å². The second kappa shape index (κ2) is 7.19. The van der Waals surface area contributed by atoms with Gasteiger partial charge in [0.2, 0.25) is 0 Å². The average Bonchev–Trinajstić information content (AvgIpc) is 3.08. The Kier molecular flexibility index (Phi) is 4.46. The van der Waals surface area contributed by atoms with Gasteiger partial charge in [-0.1, -0.05) is 49.4 Å². The van der Waals surface area contributed by atoms with Crippen molar-refractivity contribution in [1.82, 2.24) is 9.78 Å². The van der Waals surface area contributed by atoms with Crippen LogP contribution in [0.3, 0.4) is 0 Å². The molecule has 2 aliphatic rings. The molecule has 2 atom stereocenters. The number of carbonyl (C=O) groups is 1. The molecule has 0 unspecified atom stereocenters. The van der Waals surface area contributed by atoms with Gasteiger partial charge in [-0.25, -0.2) is 4.68 Å². The van der Waals surface area contributed by atoms with Crippen molar-refractivity contribution in [2.24, 2.45) is 5.92 Å². The fraction of sp³-hybridized carbons (Fsp3) is 0.250. The van der Waals surface area contributed by atoms with Crippen LogP contribution >= 0.6 is 0 Å². The number of anilines is 1. The minimum atomic E-state index is -0.635. The first-order valence-electron chi connectivity index (χ1n) is 10.4. The lowest BCUT2D eigenvalue weighted by Crippen LogP contribution is -2.33. The number of rotatable bonds is 3. The van der Waals surface area contributed by atoms with Crippen LogP contribution in [0.25, 0.3) is 11.1 Å². The summed E-state index contributed by atoms with van der Waals surface area (Å²) in [5, 5.41) is 20.1. The quantitative estimate of drug-likeness (QED) is 0.479. The van der Waals surface area contributed by atoms with Gasteiger partial charge in [0.05, 0.1) is 16.2 Å². The van der Waals surface area contributed by atoms with E-state index in [4.69, 9.17) is 5.10 Å². The van der Waals surface area contributed by atoms with E-state index in [2.05, 4.69) is 12.2 Å². The molecule has 0 saturated heterocycles. The summed E-state index contributed by atoms with van der Waals surface area (Å²) >= 11 is 0. The van der Waals surface area contributed by atoms with Crippen LogP contribution in [0.5, 0.6) is 0 Å². The Balaban J connectivity index is 1.79. The summed E-state index contributed by atoms with van der Waals surface area (Å²) in [5.41, 5.74) is 4.66. The lowest BCUT2D eigenvalue weighted by Gasteiger charge is -2.35. The maximum atomic E-state index is 13.2. The molecule has 156 valence electrons. The van der Waals surface area contributed by atoms with Crippen LogP contribution in [-0.4, -0.2) is 20.5 Å². The summed E-state index contributed by atoms with van der Waals surface area (Å²) in [6, 6.07) is 15.9. The summed E-state index contributed by atoms with van der Waals surface area (Å²) in [6.45, 7) is 3.98. The SMILES string of the molecule is Cc1nn2c(c1-c1ccccc1)NC1=C(C(=O)C[C@H](C)C1)[C@H]2c1ccccc1[N+](=O)[O-]. The van der Waals surface area contributed by atoms with Crippen LogP contribution in [0.4, 0.5) is 11.5 Å². The largest absolute Gasteiger partial charge is 0.343 e. The molecule has 0 bridgehead atoms. The Hall–Kier alpha value is -3.74. The number of aromatic nitrogens is 2. The number of para-hydroxylation sites is 1. The number of hydrogen-bond donors (Lipinski definition) is 1. The number of fused-ring (bicyclic) bond motifs is 1. The summed E-state index contributed by atoms with van der Waals surface area (Å²) in [4.78, 5) is 24.6. The van der Waals surface area contributed by atoms with Crippen LogP contribution in [0.15, 0.2) is 65.9 Å². The molecule has 2 aromatic carbocycles. The van der Waals surface area contributed by atoms with Gasteiger partial charge < -0.3 is 5.32 Å². The molecule has 0 fully saturated rings. The summed E-state index contributed by atoms with van der Waals surface area (Å²) < 4.78 is 1.76. The van der Waals surface area contributed by atoms with Crippen molar-refractivity contribution in [3.63, 3.8) is 0 Å². The van der Waals surface area contributed by atoms with E-state index < -0.39 is 6.04 Å². The molecule has 7 heteroatoms. The highest BCUT2D eigenvalue weighted by molar-refractivity contribution is 6.00. The zero-order chi connectivity index (χ0) is 21.7. The van der Waals surface area contributed by atoms with E-state index in [1.807, 2.05) is 37.3 Å². The third kappa shape index (κ3) is 3.04. The van der Waals surface area contributed by atoms with Gasteiger partial charge in [0, 0.05) is 29.3 Å². The molecule has 0 amide bonds. The predicted molar refractivity (Wildman–Crippen MR) is 118 cm³/mol. The zero-order valence-electron chi connectivity index (χ0n) is 17.3. The zero-order valence-corrected chi connectivity index (χ0v) is 17.3. The van der Waals surface area contributed by atoms with Crippen molar-refractivity contribution < 1.29 is 9.72 Å². The monoisotopic (exact) mass is 414 g/mol. The molecule has 31 heavy (non-hydrogen) atoms. The molecule has 0 radical (unpaired) electrons. The van der Waals surface area contributed by atoms with E-state index in [0.717, 1.165) is 34.8 Å². The summed E-state index contributed by atoms with van der Waals surface area (Å²) in [7, 11) is 0. The molecular formula is C24H22N4O3. The number of nitro benzene ring substituents is 1. The normalized spacial score (nSPS) is 20.1. The minimum absolute atomic E-state index is 0.00645. The number of benzene rings is 2. The summed E-state index contributed by atoms with van der Waals surface area (Å²) in [6.07, 6.45) is 1.15. The van der Waals surface area contributed by atoms with E-state index in [9.17, 15) is 14.9 Å². The van der Waals surface area contributed by atoms with Crippen molar-refractivity contribution in [3.05, 3.63) is 87.2 Å². The second-order valence-electron chi connectivity index (χ2n) is 8.29. The number of allylic oxidation sites excluding steroid dienone is 2. The van der Waals surface area contributed by atoms with Crippen LogP contribution in [0, 0.1) is 23.0 Å². The number of carbonyl (C=O) groups excluding carboxylic acids is 1. The minimum Gasteiger partial charge on any atom is -0.343 e. The average molecular weight is 414 g/mol. The lowest BCUT2D eigenvalue weighted by atomic mass is 9.80. The number of hydrogen-bond acceptors (Lipinski definition) is 5. The Morgan fingerprint density at radius 2 is 1.81 bits per heavy atom. The number of aryl methyl sites for hydroxylation is 1. The smallest absolute Gasteiger partial charge is 0.275 e. The van der Waals surface area contributed by atoms with E-state index in [1.54, 1.807) is 22.9 Å². The fourth-order valence-corrected chi connectivity index (χ4v) is 4.80. The molecule has 0 saturated carbocycles. The molecule has 2 heterocycles. The Morgan fingerprint density at radius 3 is 2.55 bits per heavy atom. The molecule has 1 aromatic heterocycles. The van der Waals surface area contributed by atoms with Gasteiger partial charge in [-0.2, -0.15) is 5.10 Å². The van der Waals surface area contributed by atoms with E-state index in [-0.39, 0.29) is 22.3 Å². The van der Waals surface area contributed by atoms with Gasteiger partial charge in [0.25, 0.3) is 5.69 Å². The second-order valence-corrected chi connectivity index (χ2v) is 8.29. The predicted octanol–water partition coefficient (Wildman–Crippen LogP) is 5.03. The fourth-order valence-electron chi connectivity index (χ4n) is 4.80. The third-order valence-corrected chi connectivity index (χ3v) is 6.08. The van der Waals surface area contributed by atoms with E-state index in [1.165, 1.54) is 6.07 Å². The van der Waals surface area contributed by atoms with Crippen molar-refractivity contribution in [2.75, 3.05) is 5.32 Å². The van der Waals surface area contributed by atoms with Gasteiger partial charge >= 0.3 is 0 Å². The van der Waals surface area contributed by atoms with Crippen molar-refractivity contribution >= 4 is 17.3 Å². The lowest BCUT2D eigenvalue weighted by molar-refractivity contribution is -0.385. The molecule has 1 aliphatic carbocycles. The Labute approximate surface area is 179 Å². The molecule has 5 rings (SSSR count). The van der Waals surface area contributed by atoms with Gasteiger partial charge in [0.1, 0.15) is 11.9 Å². The van der Waals surface area contributed by atoms with Gasteiger partial charge in [-0.05, 0) is 30.9 Å². The van der Waals surface area contributed by atoms with Gasteiger partial charge in [0.15, 0.2) is 5.78 Å². The standard InChI is InChI=1S/C24H22N4O3/c1-14-12-18-22(20(29)13-14)23(17-10-6-7-11-19(17)28(30)31)27-24(25-18)21(15(2)26-27)16-8-4-3-5-9-16/h3-11,14,23,25H,12-13H2,1-2H3/t14-,23-/m1/s1. The highest BCUT2D eigenvalue weighted by atomic mass is 16.6. The third-order valence-electron chi connectivity index (χ3n) is 6.08. The number of Topliss-reactive ketones (excluding diaryl/α,β-unsaturated/α-hetero) is 1. The highest BCUT2D eigenvalue weighted by Crippen LogP contribution is 2.47. The number of nitro groups is 1. The number of ketones is 1. The molecule has 7 nitrogen and oxygen atoms in total. The Bertz CT molecular complexity index is 1240. The van der Waals surface area contributed by atoms with Crippen LogP contribution in [0.1, 0.15) is 37.1 Å². The molecular weight excluding hydrogens is 392 g/mol. The first kappa shape index (κ1) is 19.2. The first-order chi connectivity index (χ1) is 15.0. The Morgan fingerprint density at radius 1 is 1.10 bits per heavy atom. The molecule has 0 spiro atoms. The molecule has 3 aromatic rings. The maximum Gasteiger partial charge on any atom is 0.275 e. The number of nitrogens with one attached hydrogen (secondary N) is 1. The number of nitrogens with zero attached hydrogens (tertiary/aromatic N) is 3. The summed E-state index contributed by atoms with van der Waals surface area (Å²) in [5.74, 6) is 0.998. The van der Waals surface area contributed by atoms with Crippen molar-refractivity contribution in [3.8, 4) is 11.1 Å².